The Morgan fingerprint density at radius 2 is 1.86 bits per heavy atom. The number of nitrogens with zero attached hydrogens (tertiary/aromatic N) is 2. The number of anilines is 1. The van der Waals surface area contributed by atoms with Gasteiger partial charge in [0.25, 0.3) is 0 Å². The van der Waals surface area contributed by atoms with Crippen LogP contribution in [0.5, 0.6) is 0 Å². The molecule has 0 atom stereocenters. The minimum atomic E-state index is -0.185. The van der Waals surface area contributed by atoms with Crippen LogP contribution in [0.4, 0.5) is 5.69 Å². The predicted octanol–water partition coefficient (Wildman–Crippen LogP) is 3.37. The summed E-state index contributed by atoms with van der Waals surface area (Å²) in [5.41, 5.74) is 18.6. The van der Waals surface area contributed by atoms with Crippen molar-refractivity contribution in [1.29, 1.82) is 5.41 Å². The van der Waals surface area contributed by atoms with Crippen molar-refractivity contribution in [2.45, 2.75) is 63.5 Å². The second-order valence-corrected chi connectivity index (χ2v) is 8.09. The molecule has 152 valence electrons. The topological polar surface area (TPSA) is 121 Å². The molecule has 1 saturated carbocycles. The Morgan fingerprint density at radius 1 is 1.14 bits per heavy atom. The van der Waals surface area contributed by atoms with Crippen molar-refractivity contribution >= 4 is 34.6 Å². The average molecular weight is 392 g/mol. The van der Waals surface area contributed by atoms with Crippen LogP contribution < -0.4 is 11.5 Å². The lowest BCUT2D eigenvalue weighted by Crippen LogP contribution is -2.20. The number of aliphatic hydroxyl groups is 1. The minimum Gasteiger partial charge on any atom is -0.404 e. The largest absolute Gasteiger partial charge is 0.404 e. The lowest BCUT2D eigenvalue weighted by Gasteiger charge is -2.24. The molecule has 0 unspecified atom stereocenters. The molecule has 2 aliphatic rings. The van der Waals surface area contributed by atoms with Gasteiger partial charge in [-0.3, -0.25) is 4.99 Å². The Labute approximate surface area is 171 Å². The Hall–Kier alpha value is -2.73. The van der Waals surface area contributed by atoms with Crippen LogP contribution in [0.15, 0.2) is 23.3 Å². The van der Waals surface area contributed by atoms with Crippen molar-refractivity contribution in [1.82, 2.24) is 4.98 Å². The van der Waals surface area contributed by atoms with Gasteiger partial charge in [0.2, 0.25) is 0 Å². The molecule has 2 aromatic rings. The molecule has 29 heavy (non-hydrogen) atoms. The monoisotopic (exact) mass is 391 g/mol. The zero-order valence-corrected chi connectivity index (χ0v) is 16.7. The highest BCUT2D eigenvalue weighted by molar-refractivity contribution is 6.11. The number of nitrogens with two attached hydrogens (primary N) is 2. The number of rotatable bonds is 4. The molecule has 0 aliphatic heterocycles. The standard InChI is InChI=1S/C23H29N5O/c24-11-14(13-27-15-5-7-16(29)8-6-15)23-18-4-2-1-3-17(18)22-19(12-25)20(26)9-10-21(22)28-23/h9-13,15-16,25,29H,1-8,24,26H2/b14-11+,25-12?,27-13?. The number of aliphatic hydroxyl groups excluding tert-OH is 1. The van der Waals surface area contributed by atoms with E-state index in [2.05, 4.69) is 0 Å². The van der Waals surface area contributed by atoms with Gasteiger partial charge in [-0.25, -0.2) is 4.98 Å². The van der Waals surface area contributed by atoms with Gasteiger partial charge in [-0.15, -0.1) is 0 Å². The van der Waals surface area contributed by atoms with Gasteiger partial charge < -0.3 is 22.0 Å². The number of nitrogen functional groups attached to an aromatic ring is 1. The third-order valence-corrected chi connectivity index (χ3v) is 6.23. The molecular weight excluding hydrogens is 362 g/mol. The van der Waals surface area contributed by atoms with E-state index >= 15 is 0 Å². The van der Waals surface area contributed by atoms with Crippen molar-refractivity contribution in [3.8, 4) is 0 Å². The summed E-state index contributed by atoms with van der Waals surface area (Å²) in [4.78, 5) is 9.71. The molecule has 0 bridgehead atoms. The van der Waals surface area contributed by atoms with E-state index in [-0.39, 0.29) is 12.1 Å². The Balaban J connectivity index is 1.78. The van der Waals surface area contributed by atoms with Crippen molar-refractivity contribution in [3.05, 3.63) is 40.7 Å². The first kappa shape index (κ1) is 19.6. The zero-order chi connectivity index (χ0) is 20.4. The third kappa shape index (κ3) is 3.77. The highest BCUT2D eigenvalue weighted by Crippen LogP contribution is 2.35. The van der Waals surface area contributed by atoms with Gasteiger partial charge in [0.1, 0.15) is 0 Å². The maximum atomic E-state index is 9.71. The summed E-state index contributed by atoms with van der Waals surface area (Å²) in [5, 5.41) is 18.6. The van der Waals surface area contributed by atoms with E-state index in [1.165, 1.54) is 17.3 Å². The second kappa shape index (κ2) is 8.33. The van der Waals surface area contributed by atoms with Crippen LogP contribution in [0, 0.1) is 5.41 Å². The first-order chi connectivity index (χ1) is 14.1. The van der Waals surface area contributed by atoms with Crippen LogP contribution in [0.2, 0.25) is 0 Å². The number of hydrogen-bond donors (Lipinski definition) is 4. The summed E-state index contributed by atoms with van der Waals surface area (Å²) in [5.74, 6) is 0. The molecule has 1 fully saturated rings. The summed E-state index contributed by atoms with van der Waals surface area (Å²) >= 11 is 0. The predicted molar refractivity (Wildman–Crippen MR) is 120 cm³/mol. The van der Waals surface area contributed by atoms with E-state index in [9.17, 15) is 5.11 Å². The summed E-state index contributed by atoms with van der Waals surface area (Å²) in [6.07, 6.45) is 12.2. The molecule has 0 saturated heterocycles. The quantitative estimate of drug-likeness (QED) is 0.471. The zero-order valence-electron chi connectivity index (χ0n) is 16.7. The first-order valence-electron chi connectivity index (χ1n) is 10.5. The van der Waals surface area contributed by atoms with Gasteiger partial charge in [0.15, 0.2) is 0 Å². The number of aromatic nitrogens is 1. The van der Waals surface area contributed by atoms with E-state index in [0.29, 0.717) is 5.69 Å². The fraction of sp³-hybridized carbons (Fsp3) is 0.435. The highest BCUT2D eigenvalue weighted by atomic mass is 16.3. The number of nitrogens with one attached hydrogen (secondary N) is 1. The van der Waals surface area contributed by atoms with Crippen molar-refractivity contribution in [3.63, 3.8) is 0 Å². The smallest absolute Gasteiger partial charge is 0.0774 e. The van der Waals surface area contributed by atoms with Crippen LogP contribution in [0.25, 0.3) is 16.5 Å². The van der Waals surface area contributed by atoms with Crippen LogP contribution >= 0.6 is 0 Å². The third-order valence-electron chi connectivity index (χ3n) is 6.23. The maximum Gasteiger partial charge on any atom is 0.0774 e. The fourth-order valence-corrected chi connectivity index (χ4v) is 4.64. The van der Waals surface area contributed by atoms with E-state index in [4.69, 9.17) is 26.9 Å². The number of allylic oxidation sites excluding steroid dienone is 1. The molecular formula is C23H29N5O. The molecule has 2 aliphatic carbocycles. The van der Waals surface area contributed by atoms with E-state index in [0.717, 1.165) is 79.1 Å². The van der Waals surface area contributed by atoms with Gasteiger partial charge >= 0.3 is 0 Å². The highest BCUT2D eigenvalue weighted by Gasteiger charge is 2.23. The summed E-state index contributed by atoms with van der Waals surface area (Å²) in [7, 11) is 0. The Morgan fingerprint density at radius 3 is 2.55 bits per heavy atom. The van der Waals surface area contributed by atoms with Gasteiger partial charge in [-0.1, -0.05) is 0 Å². The van der Waals surface area contributed by atoms with Crippen molar-refractivity contribution in [2.24, 2.45) is 10.7 Å². The number of fused-ring (bicyclic) bond motifs is 3. The molecule has 1 aromatic heterocycles. The summed E-state index contributed by atoms with van der Waals surface area (Å²) in [6, 6.07) is 3.99. The Kier molecular flexibility index (Phi) is 5.62. The minimum absolute atomic E-state index is 0.185. The fourth-order valence-electron chi connectivity index (χ4n) is 4.64. The molecule has 6 N–H and O–H groups in total. The van der Waals surface area contributed by atoms with E-state index in [1.807, 2.05) is 18.3 Å². The van der Waals surface area contributed by atoms with Gasteiger partial charge in [0.05, 0.1) is 23.4 Å². The molecule has 4 rings (SSSR count). The molecule has 1 aromatic carbocycles. The average Bonchev–Trinajstić information content (AvgIpc) is 2.75. The van der Waals surface area contributed by atoms with Crippen LogP contribution in [-0.4, -0.2) is 34.7 Å². The second-order valence-electron chi connectivity index (χ2n) is 8.09. The van der Waals surface area contributed by atoms with Crippen LogP contribution in [-0.2, 0) is 12.8 Å². The van der Waals surface area contributed by atoms with E-state index in [1.54, 1.807) is 6.20 Å². The first-order valence-corrected chi connectivity index (χ1v) is 10.5. The maximum absolute atomic E-state index is 9.71. The molecule has 6 nitrogen and oxygen atoms in total. The number of pyridine rings is 1. The van der Waals surface area contributed by atoms with Gasteiger partial charge in [0, 0.05) is 40.8 Å². The van der Waals surface area contributed by atoms with Crippen LogP contribution in [0.3, 0.4) is 0 Å². The SMILES string of the molecule is N=Cc1c(N)ccc2nc(/C(C=NC3CCC(O)CC3)=C/N)c3c(c12)CCCC3. The number of benzene rings is 1. The van der Waals surface area contributed by atoms with Gasteiger partial charge in [-0.05, 0) is 74.6 Å². The molecule has 0 radical (unpaired) electrons. The van der Waals surface area contributed by atoms with Crippen LogP contribution in [0.1, 0.15) is 60.9 Å². The molecule has 6 heteroatoms. The lowest BCUT2D eigenvalue weighted by atomic mass is 9.85. The molecule has 1 heterocycles. The Bertz CT molecular complexity index is 987. The van der Waals surface area contributed by atoms with Crippen molar-refractivity contribution < 1.29 is 5.11 Å². The van der Waals surface area contributed by atoms with E-state index < -0.39 is 0 Å². The summed E-state index contributed by atoms with van der Waals surface area (Å²) < 4.78 is 0. The number of hydrogen-bond acceptors (Lipinski definition) is 6. The van der Waals surface area contributed by atoms with Crippen molar-refractivity contribution in [2.75, 3.05) is 5.73 Å². The molecule has 0 amide bonds. The molecule has 0 spiro atoms. The lowest BCUT2D eigenvalue weighted by molar-refractivity contribution is 0.123. The normalized spacial score (nSPS) is 22.7. The van der Waals surface area contributed by atoms with Gasteiger partial charge in [-0.2, -0.15) is 0 Å². The number of aryl methyl sites for hydroxylation is 1. The number of aliphatic imine (C=N–C) groups is 1. The summed E-state index contributed by atoms with van der Waals surface area (Å²) in [6.45, 7) is 0.